The van der Waals surface area contributed by atoms with Crippen molar-refractivity contribution in [2.24, 2.45) is 0 Å². The lowest BCUT2D eigenvalue weighted by molar-refractivity contribution is -0.385. The maximum absolute atomic E-state index is 13.2. The van der Waals surface area contributed by atoms with Crippen molar-refractivity contribution in [3.63, 3.8) is 0 Å². The minimum Gasteiger partial charge on any atom is -0.488 e. The number of benzene rings is 3. The summed E-state index contributed by atoms with van der Waals surface area (Å²) >= 11 is 0. The molecule has 3 rings (SSSR count). The molecule has 0 amide bonds. The number of carbonyl (C=O) groups excluding carboxylic acids is 1. The lowest BCUT2D eigenvalue weighted by Crippen LogP contribution is -2.06. The van der Waals surface area contributed by atoms with Gasteiger partial charge in [-0.15, -0.1) is 0 Å². The summed E-state index contributed by atoms with van der Waals surface area (Å²) in [6, 6.07) is 9.52. The van der Waals surface area contributed by atoms with Gasteiger partial charge in [0.1, 0.15) is 6.61 Å². The number of nitrogens with zero attached hydrogens (tertiary/aromatic N) is 1. The van der Waals surface area contributed by atoms with Gasteiger partial charge in [-0.05, 0) is 18.6 Å². The van der Waals surface area contributed by atoms with Gasteiger partial charge in [0.2, 0.25) is 5.75 Å². The van der Waals surface area contributed by atoms with Crippen LogP contribution >= 0.6 is 0 Å². The third-order valence-corrected chi connectivity index (χ3v) is 3.91. The van der Waals surface area contributed by atoms with Crippen molar-refractivity contribution in [2.75, 3.05) is 7.11 Å². The lowest BCUT2D eigenvalue weighted by atomic mass is 10.0. The van der Waals surface area contributed by atoms with Gasteiger partial charge in [-0.3, -0.25) is 14.9 Å². The van der Waals surface area contributed by atoms with Crippen LogP contribution in [-0.4, -0.2) is 17.8 Å². The van der Waals surface area contributed by atoms with E-state index in [4.69, 9.17) is 15.0 Å². The molecule has 0 unspecified atom stereocenters. The van der Waals surface area contributed by atoms with Gasteiger partial charge in [-0.2, -0.15) is 0 Å². The van der Waals surface area contributed by atoms with E-state index in [2.05, 4.69) is 0 Å². The molecule has 0 spiro atoms. The van der Waals surface area contributed by atoms with Crippen LogP contribution in [0.3, 0.4) is 0 Å². The van der Waals surface area contributed by atoms with Crippen LogP contribution in [0.2, 0.25) is 0 Å². The average Bonchev–Trinajstić information content (AvgIpc) is 2.80. The molecule has 142 valence electrons. The predicted octanol–water partition coefficient (Wildman–Crippen LogP) is 4.72. The Morgan fingerprint density at radius 1 is 1.11 bits per heavy atom. The monoisotopic (exact) mass is 381 g/mol. The standard InChI is InChI=1S/C22H19NO5/c1-15-8-10-17(11-9-15)21(24)18-12-19(23(25)26)22(27-2)20(13-18)28-14-16-6-4-3-5-7-16/h3-13H,14H2,1-2H3/i8D,9D,10D,11D. The molecule has 0 aliphatic rings. The molecule has 28 heavy (non-hydrogen) atoms. The number of nitro benzene ring substituents is 1. The van der Waals surface area contributed by atoms with Gasteiger partial charge in [0.05, 0.1) is 17.5 Å². The molecule has 0 atom stereocenters. The van der Waals surface area contributed by atoms with Crippen molar-refractivity contribution in [3.8, 4) is 11.5 Å². The van der Waals surface area contributed by atoms with E-state index in [0.717, 1.165) is 11.6 Å². The first kappa shape index (κ1) is 14.4. The third kappa shape index (κ3) is 4.17. The van der Waals surface area contributed by atoms with Crippen LogP contribution in [-0.2, 0) is 6.61 Å². The Labute approximate surface area is 168 Å². The Balaban J connectivity index is 2.14. The van der Waals surface area contributed by atoms with Gasteiger partial charge in [0.25, 0.3) is 0 Å². The second-order valence-corrected chi connectivity index (χ2v) is 5.89. The van der Waals surface area contributed by atoms with Gasteiger partial charge >= 0.3 is 5.69 Å². The van der Waals surface area contributed by atoms with Crippen LogP contribution in [0.5, 0.6) is 11.5 Å². The number of methoxy groups -OCH3 is 1. The molecule has 3 aromatic rings. The van der Waals surface area contributed by atoms with Crippen molar-refractivity contribution >= 4 is 11.5 Å². The second kappa shape index (κ2) is 8.35. The molecule has 0 N–H and O–H groups in total. The highest BCUT2D eigenvalue weighted by Gasteiger charge is 2.24. The Bertz CT molecular complexity index is 1190. The minimum atomic E-state index is -0.891. The smallest absolute Gasteiger partial charge is 0.315 e. The molecule has 6 nitrogen and oxygen atoms in total. The van der Waals surface area contributed by atoms with E-state index in [9.17, 15) is 14.9 Å². The molecule has 0 heterocycles. The molecule has 0 aliphatic carbocycles. The number of hydrogen-bond acceptors (Lipinski definition) is 5. The van der Waals surface area contributed by atoms with Crippen molar-refractivity contribution in [2.45, 2.75) is 13.5 Å². The van der Waals surface area contributed by atoms with Crippen LogP contribution in [0.1, 0.15) is 32.5 Å². The molecular formula is C22H19NO5. The van der Waals surface area contributed by atoms with Crippen LogP contribution < -0.4 is 9.47 Å². The number of carbonyl (C=O) groups is 1. The van der Waals surface area contributed by atoms with Gasteiger partial charge < -0.3 is 9.47 Å². The maximum Gasteiger partial charge on any atom is 0.315 e. The summed E-state index contributed by atoms with van der Waals surface area (Å²) in [4.78, 5) is 24.1. The molecule has 0 bridgehead atoms. The first-order chi connectivity index (χ1) is 15.2. The summed E-state index contributed by atoms with van der Waals surface area (Å²) in [5.74, 6) is -1.13. The normalized spacial score (nSPS) is 12.4. The molecule has 0 aromatic heterocycles. The molecule has 6 heteroatoms. The van der Waals surface area contributed by atoms with Gasteiger partial charge in [0.15, 0.2) is 11.5 Å². The van der Waals surface area contributed by atoms with Crippen LogP contribution in [0.15, 0.2) is 66.6 Å². The number of nitro groups is 1. The predicted molar refractivity (Wildman–Crippen MR) is 105 cm³/mol. The summed E-state index contributed by atoms with van der Waals surface area (Å²) < 4.78 is 43.0. The minimum absolute atomic E-state index is 0.0532. The highest BCUT2D eigenvalue weighted by Crippen LogP contribution is 2.39. The van der Waals surface area contributed by atoms with E-state index in [1.807, 2.05) is 6.07 Å². The lowest BCUT2D eigenvalue weighted by Gasteiger charge is -2.13. The highest BCUT2D eigenvalue weighted by molar-refractivity contribution is 6.09. The topological polar surface area (TPSA) is 78.7 Å². The van der Waals surface area contributed by atoms with Crippen molar-refractivity contribution in [1.29, 1.82) is 0 Å². The second-order valence-electron chi connectivity index (χ2n) is 5.89. The SMILES string of the molecule is [2H]c1c([2H])c(C(=O)c2cc(OCc3ccccc3)c(OC)c([N+](=O)[O-])c2)c([2H])c([2H])c1C. The molecule has 3 aromatic carbocycles. The molecule has 0 saturated carbocycles. The quantitative estimate of drug-likeness (QED) is 0.336. The van der Waals surface area contributed by atoms with Gasteiger partial charge in [0, 0.05) is 17.2 Å². The Hall–Kier alpha value is -3.67. The van der Waals surface area contributed by atoms with E-state index >= 15 is 0 Å². The van der Waals surface area contributed by atoms with Crippen molar-refractivity contribution < 1.29 is 24.7 Å². The van der Waals surface area contributed by atoms with E-state index in [-0.39, 0.29) is 41.3 Å². The maximum atomic E-state index is 13.2. The van der Waals surface area contributed by atoms with E-state index < -0.39 is 34.0 Å². The van der Waals surface area contributed by atoms with Crippen molar-refractivity contribution in [1.82, 2.24) is 0 Å². The number of hydrogen-bond donors (Lipinski definition) is 0. The summed E-state index contributed by atoms with van der Waals surface area (Å²) in [5, 5.41) is 11.6. The van der Waals surface area contributed by atoms with Gasteiger partial charge in [-0.1, -0.05) is 60.1 Å². The molecule has 0 aliphatic heterocycles. The molecule has 0 saturated heterocycles. The molecule has 0 fully saturated rings. The first-order valence-corrected chi connectivity index (χ1v) is 8.32. The van der Waals surface area contributed by atoms with E-state index in [0.29, 0.717) is 0 Å². The largest absolute Gasteiger partial charge is 0.488 e. The number of rotatable bonds is 7. The number of ether oxygens (including phenoxy) is 2. The fraction of sp³-hybridized carbons (Fsp3) is 0.136. The van der Waals surface area contributed by atoms with Crippen LogP contribution in [0.25, 0.3) is 0 Å². The molecular weight excluding hydrogens is 358 g/mol. The van der Waals surface area contributed by atoms with Crippen molar-refractivity contribution in [3.05, 3.63) is 99.0 Å². The fourth-order valence-electron chi connectivity index (χ4n) is 2.53. The first-order valence-electron chi connectivity index (χ1n) is 10.3. The van der Waals surface area contributed by atoms with E-state index in [1.165, 1.54) is 20.1 Å². The zero-order valence-electron chi connectivity index (χ0n) is 19.2. The Kier molecular flexibility index (Phi) is 4.29. The third-order valence-electron chi connectivity index (χ3n) is 3.91. The summed E-state index contributed by atoms with van der Waals surface area (Å²) in [7, 11) is 1.24. The summed E-state index contributed by atoms with van der Waals surface area (Å²) in [5.41, 5.74) is -0.329. The Morgan fingerprint density at radius 2 is 1.79 bits per heavy atom. The summed E-state index contributed by atoms with van der Waals surface area (Å²) in [6.07, 6.45) is 0. The number of ketones is 1. The van der Waals surface area contributed by atoms with Crippen LogP contribution in [0.4, 0.5) is 5.69 Å². The van der Waals surface area contributed by atoms with Crippen LogP contribution in [0, 0.1) is 17.0 Å². The Morgan fingerprint density at radius 3 is 2.39 bits per heavy atom. The fourth-order valence-corrected chi connectivity index (χ4v) is 2.53. The zero-order valence-corrected chi connectivity index (χ0v) is 15.2. The van der Waals surface area contributed by atoms with E-state index in [1.54, 1.807) is 24.3 Å². The average molecular weight is 381 g/mol. The zero-order chi connectivity index (χ0) is 23.6. The van der Waals surface area contributed by atoms with Gasteiger partial charge in [-0.25, -0.2) is 0 Å². The molecule has 0 radical (unpaired) electrons. The summed E-state index contributed by atoms with van der Waals surface area (Å²) in [6.45, 7) is 1.47. The highest BCUT2D eigenvalue weighted by atomic mass is 16.6.